The third-order valence-corrected chi connectivity index (χ3v) is 2.14. The molecule has 1 heterocycles. The zero-order valence-corrected chi connectivity index (χ0v) is 7.12. The van der Waals surface area contributed by atoms with Crippen LogP contribution in [-0.2, 0) is 9.36 Å². The van der Waals surface area contributed by atoms with E-state index in [0.717, 1.165) is 0 Å². The maximum absolute atomic E-state index is 10.4. The number of nitrogens with one attached hydrogen (secondary N) is 1. The highest BCUT2D eigenvalue weighted by molar-refractivity contribution is 7.21. The largest absolute Gasteiger partial charge is 0.480 e. The van der Waals surface area contributed by atoms with E-state index in [-0.39, 0.29) is 21.1 Å². The van der Waals surface area contributed by atoms with Crippen LogP contribution in [0.3, 0.4) is 0 Å². The molecular weight excluding hydrogens is 181 g/mol. The highest BCUT2D eigenvalue weighted by Gasteiger charge is 2.26. The maximum Gasteiger partial charge on any atom is 0.323 e. The number of hydrogen-bond donors (Lipinski definition) is 2. The quantitative estimate of drug-likeness (QED) is 0.602. The fourth-order valence-electron chi connectivity index (χ4n) is 0.987. The van der Waals surface area contributed by atoms with Crippen molar-refractivity contribution in [1.29, 1.82) is 5.41 Å². The summed E-state index contributed by atoms with van der Waals surface area (Å²) in [6.07, 6.45) is 0. The second-order valence-corrected chi connectivity index (χ2v) is 2.99. The van der Waals surface area contributed by atoms with Gasteiger partial charge in [-0.1, -0.05) is 0 Å². The van der Waals surface area contributed by atoms with Crippen LogP contribution in [0.1, 0.15) is 0 Å². The van der Waals surface area contributed by atoms with Crippen molar-refractivity contribution >= 4 is 20.5 Å². The van der Waals surface area contributed by atoms with Gasteiger partial charge in [0, 0.05) is 6.54 Å². The first-order valence-corrected chi connectivity index (χ1v) is 4.07. The summed E-state index contributed by atoms with van der Waals surface area (Å²) < 4.78 is 11.6. The van der Waals surface area contributed by atoms with E-state index in [4.69, 9.17) is 10.5 Å². The van der Waals surface area contributed by atoms with Gasteiger partial charge in [-0.25, -0.2) is 4.57 Å². The number of nitrogens with zero attached hydrogens (tertiary/aromatic N) is 2. The van der Waals surface area contributed by atoms with Crippen LogP contribution in [0.15, 0.2) is 0 Å². The predicted molar refractivity (Wildman–Crippen MR) is 41.2 cm³/mol. The number of guanidine groups is 1. The summed E-state index contributed by atoms with van der Waals surface area (Å²) in [4.78, 5) is 11.6. The van der Waals surface area contributed by atoms with Gasteiger partial charge in [-0.15, -0.1) is 0 Å². The Morgan fingerprint density at radius 1 is 1.67 bits per heavy atom. The molecule has 1 saturated heterocycles. The van der Waals surface area contributed by atoms with E-state index in [1.807, 2.05) is 0 Å². The molecule has 12 heavy (non-hydrogen) atoms. The number of carboxylic acids is 1. The number of aliphatic carboxylic acids is 1. The smallest absolute Gasteiger partial charge is 0.323 e. The summed E-state index contributed by atoms with van der Waals surface area (Å²) in [7, 11) is -0.253. The Bertz CT molecular complexity index is 232. The van der Waals surface area contributed by atoms with Gasteiger partial charge in [-0.05, 0) is 0 Å². The van der Waals surface area contributed by atoms with Gasteiger partial charge in [0.05, 0.1) is 6.54 Å². The summed E-state index contributed by atoms with van der Waals surface area (Å²) in [6, 6.07) is 0. The third kappa shape index (κ3) is 1.71. The highest BCUT2D eigenvalue weighted by Crippen LogP contribution is 2.14. The lowest BCUT2D eigenvalue weighted by atomic mass is 10.5. The Labute approximate surface area is 70.5 Å². The summed E-state index contributed by atoms with van der Waals surface area (Å²) in [5.41, 5.74) is 0. The van der Waals surface area contributed by atoms with Crippen LogP contribution in [0.25, 0.3) is 0 Å². The normalized spacial score (nSPS) is 17.5. The minimum absolute atomic E-state index is 0.00840. The molecule has 0 amide bonds. The Hall–Kier alpha value is -1.16. The van der Waals surface area contributed by atoms with Crippen molar-refractivity contribution in [3.63, 3.8) is 0 Å². The van der Waals surface area contributed by atoms with Gasteiger partial charge in [0.15, 0.2) is 0 Å². The molecule has 1 aliphatic heterocycles. The fourth-order valence-corrected chi connectivity index (χ4v) is 1.36. The topological polar surface area (TPSA) is 84.7 Å². The van der Waals surface area contributed by atoms with Crippen LogP contribution in [0.5, 0.6) is 0 Å². The third-order valence-electron chi connectivity index (χ3n) is 1.55. The molecule has 0 aromatic heterocycles. The van der Waals surface area contributed by atoms with Crippen molar-refractivity contribution in [2.75, 3.05) is 19.6 Å². The molecular formula is C5H8N3O3P. The Kier molecular flexibility index (Phi) is 2.60. The summed E-state index contributed by atoms with van der Waals surface area (Å²) in [6.45, 7) is 0.683. The van der Waals surface area contributed by atoms with Crippen LogP contribution in [0.2, 0.25) is 0 Å². The van der Waals surface area contributed by atoms with E-state index in [2.05, 4.69) is 0 Å². The average molecular weight is 189 g/mol. The molecule has 0 aromatic rings. The molecule has 0 unspecified atom stereocenters. The first kappa shape index (κ1) is 8.93. The van der Waals surface area contributed by atoms with Gasteiger partial charge in [-0.2, -0.15) is 0 Å². The number of carbonyl (C=O) groups is 1. The second kappa shape index (κ2) is 3.49. The average Bonchev–Trinajstić information content (AvgIpc) is 2.32. The molecule has 1 fully saturated rings. The Morgan fingerprint density at radius 3 is 2.75 bits per heavy atom. The lowest BCUT2D eigenvalue weighted by Crippen LogP contribution is -2.32. The van der Waals surface area contributed by atoms with Gasteiger partial charge in [0.1, 0.15) is 6.54 Å². The number of carboxylic acid groups (broad SMARTS) is 1. The Balaban J connectivity index is 2.54. The van der Waals surface area contributed by atoms with E-state index in [1.165, 1.54) is 9.57 Å². The van der Waals surface area contributed by atoms with Crippen LogP contribution in [-0.4, -0.2) is 46.2 Å². The van der Waals surface area contributed by atoms with Crippen molar-refractivity contribution in [3.8, 4) is 0 Å². The number of rotatable bonds is 3. The minimum atomic E-state index is -0.982. The number of hydrogen-bond acceptors (Lipinski definition) is 3. The van der Waals surface area contributed by atoms with Gasteiger partial charge < -0.3 is 10.0 Å². The van der Waals surface area contributed by atoms with Crippen molar-refractivity contribution < 1.29 is 14.5 Å². The lowest BCUT2D eigenvalue weighted by Gasteiger charge is -2.14. The molecule has 0 aliphatic carbocycles. The Morgan fingerprint density at radius 2 is 2.33 bits per heavy atom. The van der Waals surface area contributed by atoms with E-state index >= 15 is 0 Å². The molecule has 0 saturated carbocycles. The zero-order valence-electron chi connectivity index (χ0n) is 6.23. The van der Waals surface area contributed by atoms with Gasteiger partial charge >= 0.3 is 5.97 Å². The fraction of sp³-hybridized carbons (Fsp3) is 0.600. The molecule has 0 bridgehead atoms. The van der Waals surface area contributed by atoms with Gasteiger partial charge in [0.2, 0.25) is 5.96 Å². The predicted octanol–water partition coefficient (Wildman–Crippen LogP) is -0.170. The first-order chi connectivity index (χ1) is 5.65. The molecule has 0 atom stereocenters. The molecule has 1 aliphatic rings. The summed E-state index contributed by atoms with van der Waals surface area (Å²) in [5, 5.41) is 15.8. The van der Waals surface area contributed by atoms with Crippen LogP contribution >= 0.6 is 8.61 Å². The monoisotopic (exact) mass is 189 g/mol. The summed E-state index contributed by atoms with van der Waals surface area (Å²) >= 11 is 0. The van der Waals surface area contributed by atoms with Crippen LogP contribution < -0.4 is 0 Å². The standard InChI is InChI=1S/C5H8N3O3P/c6-5-7(3-4(9)10)1-2-8(5)12-11/h6H,1-3H2,(H,9,10). The SMILES string of the molecule is N=C1N(CC(=O)O)CCN1P=O. The molecule has 0 radical (unpaired) electrons. The second-order valence-electron chi connectivity index (χ2n) is 2.34. The zero-order chi connectivity index (χ0) is 9.14. The summed E-state index contributed by atoms with van der Waals surface area (Å²) in [5.74, 6) is -0.974. The van der Waals surface area contributed by atoms with Crippen LogP contribution in [0.4, 0.5) is 0 Å². The van der Waals surface area contributed by atoms with Gasteiger partial charge in [-0.3, -0.25) is 14.9 Å². The van der Waals surface area contributed by atoms with Crippen molar-refractivity contribution in [3.05, 3.63) is 0 Å². The molecule has 1 rings (SSSR count). The van der Waals surface area contributed by atoms with E-state index in [1.54, 1.807) is 0 Å². The maximum atomic E-state index is 10.4. The molecule has 2 N–H and O–H groups in total. The molecule has 0 spiro atoms. The van der Waals surface area contributed by atoms with Crippen molar-refractivity contribution in [1.82, 2.24) is 9.57 Å². The van der Waals surface area contributed by atoms with Crippen LogP contribution in [0, 0.1) is 5.41 Å². The van der Waals surface area contributed by atoms with E-state index < -0.39 is 5.97 Å². The molecule has 66 valence electrons. The van der Waals surface area contributed by atoms with Crippen molar-refractivity contribution in [2.24, 2.45) is 0 Å². The molecule has 0 aromatic carbocycles. The van der Waals surface area contributed by atoms with E-state index in [9.17, 15) is 9.36 Å². The highest BCUT2D eigenvalue weighted by atomic mass is 31.1. The van der Waals surface area contributed by atoms with Crippen molar-refractivity contribution in [2.45, 2.75) is 0 Å². The first-order valence-electron chi connectivity index (χ1n) is 3.31. The molecule has 6 nitrogen and oxygen atoms in total. The van der Waals surface area contributed by atoms with E-state index in [0.29, 0.717) is 13.1 Å². The van der Waals surface area contributed by atoms with Gasteiger partial charge in [0.25, 0.3) is 8.61 Å². The minimum Gasteiger partial charge on any atom is -0.480 e. The molecule has 7 heteroatoms. The lowest BCUT2D eigenvalue weighted by molar-refractivity contribution is -0.137.